The molecule has 5 aromatic carbocycles. The number of nitrogens with zero attached hydrogens (tertiary/aromatic N) is 2. The van der Waals surface area contributed by atoms with Crippen molar-refractivity contribution in [3.8, 4) is 11.5 Å². The fourth-order valence-electron chi connectivity index (χ4n) is 6.92. The molecule has 0 radical (unpaired) electrons. The first-order chi connectivity index (χ1) is 22.7. The molecular formula is C41H40N2O3. The van der Waals surface area contributed by atoms with Gasteiger partial charge in [0.1, 0.15) is 24.7 Å². The maximum atomic E-state index is 14.4. The minimum absolute atomic E-state index is 0.0169. The van der Waals surface area contributed by atoms with Gasteiger partial charge in [-0.1, -0.05) is 121 Å². The topological polar surface area (TPSA) is 42.0 Å². The molecule has 0 spiro atoms. The second-order valence-electron chi connectivity index (χ2n) is 12.3. The van der Waals surface area contributed by atoms with Crippen molar-refractivity contribution >= 4 is 5.91 Å². The van der Waals surface area contributed by atoms with Gasteiger partial charge in [-0.05, 0) is 53.1 Å². The van der Waals surface area contributed by atoms with E-state index in [2.05, 4.69) is 88.7 Å². The highest BCUT2D eigenvalue weighted by atomic mass is 16.5. The number of amides is 1. The molecule has 0 saturated carbocycles. The van der Waals surface area contributed by atoms with Crippen molar-refractivity contribution in [3.05, 3.63) is 167 Å². The Morgan fingerprint density at radius 3 is 1.72 bits per heavy atom. The van der Waals surface area contributed by atoms with E-state index in [1.165, 1.54) is 16.7 Å². The molecule has 1 amide bonds. The average molecular weight is 609 g/mol. The van der Waals surface area contributed by atoms with Crippen molar-refractivity contribution in [2.24, 2.45) is 0 Å². The zero-order valence-electron chi connectivity index (χ0n) is 26.1. The summed E-state index contributed by atoms with van der Waals surface area (Å²) in [6.45, 7) is 3.11. The van der Waals surface area contributed by atoms with Crippen molar-refractivity contribution in [3.63, 3.8) is 0 Å². The quantitative estimate of drug-likeness (QED) is 0.152. The van der Waals surface area contributed by atoms with Crippen LogP contribution in [0.1, 0.15) is 52.3 Å². The summed E-state index contributed by atoms with van der Waals surface area (Å²) in [5.74, 6) is 1.83. The van der Waals surface area contributed by atoms with Crippen LogP contribution in [0.3, 0.4) is 0 Å². The third-order valence-corrected chi connectivity index (χ3v) is 9.20. The summed E-state index contributed by atoms with van der Waals surface area (Å²) in [6, 6.07) is 45.5. The van der Waals surface area contributed by atoms with Crippen LogP contribution in [0.2, 0.25) is 0 Å². The number of fused-ring (bicyclic) bond motifs is 3. The van der Waals surface area contributed by atoms with Gasteiger partial charge in [-0.15, -0.1) is 0 Å². The van der Waals surface area contributed by atoms with Crippen molar-refractivity contribution in [2.75, 3.05) is 6.54 Å². The monoisotopic (exact) mass is 608 g/mol. The van der Waals surface area contributed by atoms with Crippen molar-refractivity contribution in [1.29, 1.82) is 0 Å². The smallest absolute Gasteiger partial charge is 0.240 e. The summed E-state index contributed by atoms with van der Waals surface area (Å²) in [5.41, 5.74) is 7.02. The van der Waals surface area contributed by atoms with Crippen LogP contribution in [0.15, 0.2) is 133 Å². The second-order valence-corrected chi connectivity index (χ2v) is 12.3. The molecular weight excluding hydrogens is 568 g/mol. The lowest BCUT2D eigenvalue weighted by molar-refractivity contribution is -0.145. The van der Waals surface area contributed by atoms with E-state index in [1.807, 2.05) is 54.6 Å². The first-order valence-corrected chi connectivity index (χ1v) is 16.3. The number of piperidine rings is 1. The van der Waals surface area contributed by atoms with Crippen LogP contribution in [0.4, 0.5) is 0 Å². The molecule has 5 heteroatoms. The van der Waals surface area contributed by atoms with Gasteiger partial charge >= 0.3 is 0 Å². The Morgan fingerprint density at radius 2 is 1.15 bits per heavy atom. The third-order valence-electron chi connectivity index (χ3n) is 9.20. The number of rotatable bonds is 11. The summed E-state index contributed by atoms with van der Waals surface area (Å²) in [7, 11) is 0. The first kappa shape index (κ1) is 29.8. The highest BCUT2D eigenvalue weighted by Gasteiger charge is 2.42. The van der Waals surface area contributed by atoms with Crippen molar-refractivity contribution < 1.29 is 14.3 Å². The number of benzene rings is 5. The van der Waals surface area contributed by atoms with Gasteiger partial charge in [0.15, 0.2) is 0 Å². The molecule has 7 rings (SSSR count). The lowest BCUT2D eigenvalue weighted by Crippen LogP contribution is -2.54. The van der Waals surface area contributed by atoms with Gasteiger partial charge in [-0.3, -0.25) is 9.69 Å². The molecule has 0 aliphatic carbocycles. The van der Waals surface area contributed by atoms with Gasteiger partial charge in [0.05, 0.1) is 12.1 Å². The predicted octanol–water partition coefficient (Wildman–Crippen LogP) is 8.14. The summed E-state index contributed by atoms with van der Waals surface area (Å²) < 4.78 is 12.9. The highest BCUT2D eigenvalue weighted by molar-refractivity contribution is 5.84. The Morgan fingerprint density at radius 1 is 0.630 bits per heavy atom. The Kier molecular flexibility index (Phi) is 9.11. The summed E-state index contributed by atoms with van der Waals surface area (Å²) in [6.07, 6.45) is 2.45. The maximum Gasteiger partial charge on any atom is 0.240 e. The van der Waals surface area contributed by atoms with Gasteiger partial charge in [-0.25, -0.2) is 0 Å². The van der Waals surface area contributed by atoms with Gasteiger partial charge in [0, 0.05) is 31.3 Å². The van der Waals surface area contributed by atoms with Crippen LogP contribution in [0, 0.1) is 0 Å². The molecule has 5 nitrogen and oxygen atoms in total. The van der Waals surface area contributed by atoms with Crippen LogP contribution >= 0.6 is 0 Å². The van der Waals surface area contributed by atoms with Crippen molar-refractivity contribution in [2.45, 2.75) is 57.6 Å². The molecule has 5 aromatic rings. The van der Waals surface area contributed by atoms with Crippen molar-refractivity contribution in [1.82, 2.24) is 9.80 Å². The van der Waals surface area contributed by atoms with E-state index < -0.39 is 0 Å². The van der Waals surface area contributed by atoms with Gasteiger partial charge in [-0.2, -0.15) is 0 Å². The van der Waals surface area contributed by atoms with Crippen LogP contribution in [0.5, 0.6) is 11.5 Å². The molecule has 2 aliphatic heterocycles. The Balaban J connectivity index is 1.16. The molecule has 2 heterocycles. The van der Waals surface area contributed by atoms with Gasteiger partial charge in [0.2, 0.25) is 5.91 Å². The standard InChI is InChI=1S/C41H40N2O3/c44-41-38(42(27-31-13-5-1-6-14-31)28-32-15-7-2-8-16-32)22-21-37-40-35(23-24-43(37)41)25-36(45-29-33-17-9-3-10-18-33)26-39(40)46-30-34-19-11-4-12-20-34/h1-20,25-26,37-38H,21-24,27-30H2/t37?,38-/m0/s1. The van der Waals surface area contributed by atoms with Gasteiger partial charge < -0.3 is 14.4 Å². The molecule has 1 unspecified atom stereocenters. The van der Waals surface area contributed by atoms with Crippen LogP contribution in [-0.2, 0) is 37.5 Å². The Labute approximate surface area is 272 Å². The summed E-state index contributed by atoms with van der Waals surface area (Å²) >= 11 is 0. The summed E-state index contributed by atoms with van der Waals surface area (Å²) in [5, 5.41) is 0. The van der Waals surface area contributed by atoms with E-state index in [0.29, 0.717) is 19.8 Å². The Bertz CT molecular complexity index is 1690. The fraction of sp³-hybridized carbons (Fsp3) is 0.244. The van der Waals surface area contributed by atoms with E-state index >= 15 is 0 Å². The highest BCUT2D eigenvalue weighted by Crippen LogP contribution is 2.45. The van der Waals surface area contributed by atoms with E-state index in [9.17, 15) is 4.79 Å². The molecule has 0 bridgehead atoms. The number of carbonyl (C=O) groups is 1. The van der Waals surface area contributed by atoms with E-state index in [4.69, 9.17) is 9.47 Å². The second kappa shape index (κ2) is 14.1. The van der Waals surface area contributed by atoms with Crippen LogP contribution in [-0.4, -0.2) is 28.3 Å². The molecule has 1 fully saturated rings. The molecule has 0 N–H and O–H groups in total. The molecule has 2 atom stereocenters. The van der Waals surface area contributed by atoms with Gasteiger partial charge in [0.25, 0.3) is 0 Å². The largest absolute Gasteiger partial charge is 0.489 e. The molecule has 0 aromatic heterocycles. The fourth-order valence-corrected chi connectivity index (χ4v) is 6.92. The average Bonchev–Trinajstić information content (AvgIpc) is 3.11. The predicted molar refractivity (Wildman–Crippen MR) is 181 cm³/mol. The van der Waals surface area contributed by atoms with E-state index in [-0.39, 0.29) is 18.0 Å². The number of hydrogen-bond donors (Lipinski definition) is 0. The van der Waals surface area contributed by atoms with Crippen LogP contribution < -0.4 is 9.47 Å². The zero-order chi connectivity index (χ0) is 31.1. The van der Waals surface area contributed by atoms with E-state index in [0.717, 1.165) is 60.5 Å². The number of hydrogen-bond acceptors (Lipinski definition) is 4. The minimum Gasteiger partial charge on any atom is -0.489 e. The lowest BCUT2D eigenvalue weighted by atomic mass is 9.84. The molecule has 1 saturated heterocycles. The maximum absolute atomic E-state index is 14.4. The normalized spacial score (nSPS) is 17.3. The Hall–Kier alpha value is -4.87. The molecule has 2 aliphatic rings. The third kappa shape index (κ3) is 6.85. The molecule has 232 valence electrons. The SMILES string of the molecule is O=C1[C@@H](N(Cc2ccccc2)Cc2ccccc2)CCC2c3c(cc(OCc4ccccc4)cc3OCc3ccccc3)CCN12. The zero-order valence-corrected chi connectivity index (χ0v) is 26.1. The first-order valence-electron chi connectivity index (χ1n) is 16.3. The van der Waals surface area contributed by atoms with E-state index in [1.54, 1.807) is 0 Å². The summed E-state index contributed by atoms with van der Waals surface area (Å²) in [4.78, 5) is 18.9. The molecule has 46 heavy (non-hydrogen) atoms. The lowest BCUT2D eigenvalue weighted by Gasteiger charge is -2.46. The minimum atomic E-state index is -0.180. The number of carbonyl (C=O) groups excluding carboxylic acids is 1. The number of ether oxygens (including phenoxy) is 2. The van der Waals surface area contributed by atoms with Crippen LogP contribution in [0.25, 0.3) is 0 Å².